The zero-order chi connectivity index (χ0) is 21.8. The Bertz CT molecular complexity index is 996. The Morgan fingerprint density at radius 3 is 1.33 bits per heavy atom. The van der Waals surface area contributed by atoms with E-state index in [1.807, 2.05) is 26.0 Å². The largest absolute Gasteiger partial charge is 0.296 e. The average molecular weight is 451 g/mol. The number of allylic oxidation sites excluding steroid dienone is 2. The molecule has 0 radical (unpaired) electrons. The molecule has 0 N–H and O–H groups in total. The molecule has 0 saturated carbocycles. The van der Waals surface area contributed by atoms with E-state index in [2.05, 4.69) is 0 Å². The molecule has 8 heteroatoms. The van der Waals surface area contributed by atoms with Crippen LogP contribution in [0.1, 0.15) is 24.0 Å². The summed E-state index contributed by atoms with van der Waals surface area (Å²) in [6.07, 6.45) is 5.11. The van der Waals surface area contributed by atoms with E-state index in [0.29, 0.717) is 12.8 Å². The van der Waals surface area contributed by atoms with Gasteiger partial charge in [0.05, 0.1) is 23.0 Å². The van der Waals surface area contributed by atoms with E-state index in [1.165, 1.54) is 24.3 Å². The summed E-state index contributed by atoms with van der Waals surface area (Å²) in [7, 11) is -7.75. The van der Waals surface area contributed by atoms with E-state index < -0.39 is 20.2 Å². The standard InChI is InChI=1S/C22H26O6S2/c1-17-7-11-21(12-8-17)29(23,24)27-15-19-5-3-4-6-20(19)16-28-30(25,26)22-13-9-18(2)10-14-22/h3-4,7-14,19-20H,5-6,15-16H2,1-2H3/t19-,20-/m0/s1. The molecule has 0 saturated heterocycles. The summed E-state index contributed by atoms with van der Waals surface area (Å²) in [5.41, 5.74) is 1.91. The van der Waals surface area contributed by atoms with Crippen molar-refractivity contribution in [3.05, 3.63) is 71.8 Å². The minimum Gasteiger partial charge on any atom is -0.266 e. The Morgan fingerprint density at radius 2 is 1.00 bits per heavy atom. The Hall–Kier alpha value is -2.00. The molecule has 2 atom stereocenters. The molecule has 0 bridgehead atoms. The van der Waals surface area contributed by atoms with Gasteiger partial charge in [-0.3, -0.25) is 8.37 Å². The van der Waals surface area contributed by atoms with Crippen LogP contribution in [-0.4, -0.2) is 30.0 Å². The van der Waals surface area contributed by atoms with Gasteiger partial charge in [0.25, 0.3) is 20.2 Å². The number of hydrogen-bond acceptors (Lipinski definition) is 6. The third-order valence-electron chi connectivity index (χ3n) is 5.20. The second-order valence-corrected chi connectivity index (χ2v) is 10.8. The van der Waals surface area contributed by atoms with Crippen LogP contribution < -0.4 is 0 Å². The fourth-order valence-corrected chi connectivity index (χ4v) is 5.15. The van der Waals surface area contributed by atoms with Crippen molar-refractivity contribution in [1.29, 1.82) is 0 Å². The molecule has 2 aromatic rings. The van der Waals surface area contributed by atoms with Crippen LogP contribution in [0, 0.1) is 25.7 Å². The van der Waals surface area contributed by atoms with Crippen molar-refractivity contribution in [1.82, 2.24) is 0 Å². The maximum atomic E-state index is 12.5. The summed E-state index contributed by atoms with van der Waals surface area (Å²) in [4.78, 5) is 0.211. The zero-order valence-electron chi connectivity index (χ0n) is 17.0. The summed E-state index contributed by atoms with van der Waals surface area (Å²) in [6.45, 7) is 3.69. The highest BCUT2D eigenvalue weighted by atomic mass is 32.2. The maximum absolute atomic E-state index is 12.5. The molecule has 0 unspecified atom stereocenters. The summed E-state index contributed by atoms with van der Waals surface area (Å²) < 4.78 is 60.4. The van der Waals surface area contributed by atoms with E-state index in [1.54, 1.807) is 24.3 Å². The third kappa shape index (κ3) is 5.78. The quantitative estimate of drug-likeness (QED) is 0.446. The Labute approximate surface area is 178 Å². The van der Waals surface area contributed by atoms with Gasteiger partial charge in [-0.15, -0.1) is 0 Å². The first-order valence-corrected chi connectivity index (χ1v) is 12.6. The first kappa shape index (κ1) is 22.7. The molecule has 0 heterocycles. The number of rotatable bonds is 8. The van der Waals surface area contributed by atoms with Crippen LogP contribution in [0.2, 0.25) is 0 Å². The topological polar surface area (TPSA) is 86.7 Å². The molecule has 2 aromatic carbocycles. The Balaban J connectivity index is 1.63. The highest BCUT2D eigenvalue weighted by molar-refractivity contribution is 7.87. The van der Waals surface area contributed by atoms with Gasteiger partial charge in [-0.2, -0.15) is 16.8 Å². The number of benzene rings is 2. The van der Waals surface area contributed by atoms with E-state index in [9.17, 15) is 16.8 Å². The van der Waals surface area contributed by atoms with Gasteiger partial charge in [0.1, 0.15) is 0 Å². The van der Waals surface area contributed by atoms with Gasteiger partial charge < -0.3 is 0 Å². The van der Waals surface area contributed by atoms with Crippen molar-refractivity contribution in [2.45, 2.75) is 36.5 Å². The molecule has 162 valence electrons. The minimum atomic E-state index is -3.87. The van der Waals surface area contributed by atoms with E-state index in [0.717, 1.165) is 11.1 Å². The molecule has 3 rings (SSSR count). The summed E-state index contributed by atoms with van der Waals surface area (Å²) in [5.74, 6) is -0.327. The van der Waals surface area contributed by atoms with Crippen LogP contribution in [0.25, 0.3) is 0 Å². The molecule has 0 fully saturated rings. The zero-order valence-corrected chi connectivity index (χ0v) is 18.7. The molecule has 6 nitrogen and oxygen atoms in total. The van der Waals surface area contributed by atoms with Gasteiger partial charge in [-0.05, 0) is 62.8 Å². The molecule has 0 aliphatic heterocycles. The fraction of sp³-hybridized carbons (Fsp3) is 0.364. The second kappa shape index (κ2) is 9.43. The normalized spacial score (nSPS) is 19.7. The van der Waals surface area contributed by atoms with Crippen molar-refractivity contribution >= 4 is 20.2 Å². The Morgan fingerprint density at radius 1 is 0.667 bits per heavy atom. The lowest BCUT2D eigenvalue weighted by atomic mass is 9.84. The summed E-state index contributed by atoms with van der Waals surface area (Å²) in [6, 6.07) is 12.9. The lowest BCUT2D eigenvalue weighted by Crippen LogP contribution is -2.28. The first-order chi connectivity index (χ1) is 14.2. The van der Waals surface area contributed by atoms with Crippen LogP contribution in [0.3, 0.4) is 0 Å². The van der Waals surface area contributed by atoms with E-state index in [4.69, 9.17) is 8.37 Å². The van der Waals surface area contributed by atoms with Crippen LogP contribution in [-0.2, 0) is 28.6 Å². The Kier molecular flexibility index (Phi) is 7.13. The molecule has 30 heavy (non-hydrogen) atoms. The van der Waals surface area contributed by atoms with Gasteiger partial charge in [-0.25, -0.2) is 0 Å². The molecular formula is C22H26O6S2. The smallest absolute Gasteiger partial charge is 0.266 e. The van der Waals surface area contributed by atoms with Gasteiger partial charge in [-0.1, -0.05) is 47.5 Å². The lowest BCUT2D eigenvalue weighted by molar-refractivity contribution is 0.144. The monoisotopic (exact) mass is 450 g/mol. The number of hydrogen-bond donors (Lipinski definition) is 0. The highest BCUT2D eigenvalue weighted by Crippen LogP contribution is 2.29. The summed E-state index contributed by atoms with van der Waals surface area (Å²) in [5, 5.41) is 0. The molecule has 1 aliphatic rings. The number of aryl methyl sites for hydroxylation is 2. The highest BCUT2D eigenvalue weighted by Gasteiger charge is 2.28. The van der Waals surface area contributed by atoms with Gasteiger partial charge in [0, 0.05) is 0 Å². The van der Waals surface area contributed by atoms with E-state index >= 15 is 0 Å². The molecule has 1 aliphatic carbocycles. The second-order valence-electron chi connectivity index (χ2n) is 7.57. The van der Waals surface area contributed by atoms with Crippen molar-refractivity contribution in [2.24, 2.45) is 11.8 Å². The van der Waals surface area contributed by atoms with Gasteiger partial charge >= 0.3 is 0 Å². The molecule has 0 spiro atoms. The van der Waals surface area contributed by atoms with Crippen molar-refractivity contribution in [2.75, 3.05) is 13.2 Å². The van der Waals surface area contributed by atoms with E-state index in [-0.39, 0.29) is 34.8 Å². The predicted octanol–water partition coefficient (Wildman–Crippen LogP) is 4.00. The summed E-state index contributed by atoms with van der Waals surface area (Å²) >= 11 is 0. The van der Waals surface area contributed by atoms with Crippen LogP contribution >= 0.6 is 0 Å². The molecule has 0 amide bonds. The molecule has 0 aromatic heterocycles. The van der Waals surface area contributed by atoms with Crippen LogP contribution in [0.4, 0.5) is 0 Å². The molecular weight excluding hydrogens is 424 g/mol. The third-order valence-corrected chi connectivity index (χ3v) is 7.80. The SMILES string of the molecule is Cc1ccc(S(=O)(=O)OC[C@@H]2CC=CC[C@H]2COS(=O)(=O)c2ccc(C)cc2)cc1. The van der Waals surface area contributed by atoms with Gasteiger partial charge in [0.2, 0.25) is 0 Å². The van der Waals surface area contributed by atoms with Crippen molar-refractivity contribution in [3.63, 3.8) is 0 Å². The minimum absolute atomic E-state index is 0.0286. The van der Waals surface area contributed by atoms with Crippen LogP contribution in [0.15, 0.2) is 70.5 Å². The predicted molar refractivity (Wildman–Crippen MR) is 114 cm³/mol. The average Bonchev–Trinajstić information content (AvgIpc) is 2.72. The van der Waals surface area contributed by atoms with Gasteiger partial charge in [0.15, 0.2) is 0 Å². The fourth-order valence-electron chi connectivity index (χ4n) is 3.24. The van der Waals surface area contributed by atoms with Crippen molar-refractivity contribution < 1.29 is 25.2 Å². The van der Waals surface area contributed by atoms with Crippen molar-refractivity contribution in [3.8, 4) is 0 Å². The first-order valence-electron chi connectivity index (χ1n) is 9.74. The lowest BCUT2D eigenvalue weighted by Gasteiger charge is -2.27. The van der Waals surface area contributed by atoms with Crippen LogP contribution in [0.5, 0.6) is 0 Å². The maximum Gasteiger partial charge on any atom is 0.296 e.